The summed E-state index contributed by atoms with van der Waals surface area (Å²) >= 11 is 2.75. The zero-order valence-corrected chi connectivity index (χ0v) is 31.9. The first-order valence-corrected chi connectivity index (χ1v) is 19.1. The Morgan fingerprint density at radius 2 is 1.55 bits per heavy atom. The molecule has 0 unspecified atom stereocenters. The van der Waals surface area contributed by atoms with Crippen molar-refractivity contribution >= 4 is 63.4 Å². The van der Waals surface area contributed by atoms with Crippen LogP contribution in [0.25, 0.3) is 0 Å². The summed E-state index contributed by atoms with van der Waals surface area (Å²) in [7, 11) is 0. The maximum atomic E-state index is 13.5. The number of carbonyl (C=O) groups is 4. The molecular weight excluding hydrogens is 757 g/mol. The van der Waals surface area contributed by atoms with E-state index in [1.165, 1.54) is 81.4 Å². The molecule has 3 aliphatic rings. The van der Waals surface area contributed by atoms with Crippen molar-refractivity contribution in [3.05, 3.63) is 102 Å². The number of amides is 2. The predicted octanol–water partition coefficient (Wildman–Crippen LogP) is 4.29. The highest BCUT2D eigenvalue weighted by Gasteiger charge is 2.60. The number of esters is 2. The van der Waals surface area contributed by atoms with Crippen molar-refractivity contribution in [3.63, 3.8) is 0 Å². The highest BCUT2D eigenvalue weighted by Crippen LogP contribution is 2.52. The number of thiazole rings is 1. The Morgan fingerprint density at radius 3 is 2.07 bits per heavy atom. The summed E-state index contributed by atoms with van der Waals surface area (Å²) in [5, 5.41) is 34.5. The van der Waals surface area contributed by atoms with Crippen LogP contribution in [0.15, 0.2) is 64.5 Å². The Bertz CT molecular complexity index is 2030. The molecule has 17 nitrogen and oxygen atoms in total. The van der Waals surface area contributed by atoms with E-state index in [1.807, 2.05) is 11.8 Å². The molecule has 0 aliphatic carbocycles. The minimum atomic E-state index is -0.904. The third-order valence-corrected chi connectivity index (χ3v) is 12.0. The van der Waals surface area contributed by atoms with Crippen LogP contribution in [0.3, 0.4) is 0 Å². The molecule has 2 fully saturated rings. The van der Waals surface area contributed by atoms with Gasteiger partial charge < -0.3 is 29.3 Å². The third kappa shape index (κ3) is 8.18. The number of β-lactam (4-membered cyclic amide) rings is 1. The minimum absolute atomic E-state index is 0.00876. The fraction of sp³-hybridized carbons (Fsp3) is 0.417. The lowest BCUT2D eigenvalue weighted by Crippen LogP contribution is -2.63. The number of nitro groups is 2. The number of nitro benzene ring substituents is 2. The summed E-state index contributed by atoms with van der Waals surface area (Å²) in [4.78, 5) is 83.7. The van der Waals surface area contributed by atoms with Crippen LogP contribution in [0.2, 0.25) is 0 Å². The van der Waals surface area contributed by atoms with Gasteiger partial charge in [0, 0.05) is 64.8 Å². The number of carbonyl (C=O) groups excluding carboxylic acids is 4. The topological polar surface area (TPSA) is 216 Å². The van der Waals surface area contributed by atoms with E-state index in [0.29, 0.717) is 34.3 Å². The van der Waals surface area contributed by atoms with Crippen LogP contribution in [-0.4, -0.2) is 96.6 Å². The van der Waals surface area contributed by atoms with Gasteiger partial charge in [0.25, 0.3) is 17.3 Å². The third-order valence-electron chi connectivity index (χ3n) is 9.67. The number of nitrogens with zero attached hydrogens (tertiary/aromatic N) is 6. The van der Waals surface area contributed by atoms with E-state index >= 15 is 0 Å². The molecule has 0 spiro atoms. The Labute approximate surface area is 323 Å². The monoisotopic (exact) mass is 794 g/mol. The quantitative estimate of drug-likeness (QED) is 0.0984. The molecular formula is C36H38N6O11S2. The van der Waals surface area contributed by atoms with Gasteiger partial charge in [0.05, 0.1) is 27.9 Å². The molecule has 1 aromatic heterocycles. The van der Waals surface area contributed by atoms with Gasteiger partial charge >= 0.3 is 11.9 Å². The molecule has 3 aliphatic heterocycles. The number of anilines is 1. The lowest BCUT2D eigenvalue weighted by Gasteiger charge is -2.46. The number of aliphatic hydroxyl groups excluding tert-OH is 1. The van der Waals surface area contributed by atoms with E-state index in [2.05, 4.69) is 4.98 Å². The molecule has 3 aromatic rings. The number of aliphatic hydroxyl groups is 1. The highest BCUT2D eigenvalue weighted by molar-refractivity contribution is 8.03. The molecule has 0 radical (unpaired) electrons. The zero-order chi connectivity index (χ0) is 39.7. The maximum Gasteiger partial charge on any atom is 0.356 e. The molecule has 2 amide bonds. The number of hydrogen-bond donors (Lipinski definition) is 1. The van der Waals surface area contributed by atoms with Crippen molar-refractivity contribution in [1.29, 1.82) is 0 Å². The largest absolute Gasteiger partial charge is 0.459 e. The second kappa shape index (κ2) is 16.1. The van der Waals surface area contributed by atoms with E-state index in [1.54, 1.807) is 26.2 Å². The van der Waals surface area contributed by atoms with Crippen molar-refractivity contribution in [3.8, 4) is 0 Å². The van der Waals surface area contributed by atoms with Crippen LogP contribution >= 0.6 is 23.1 Å². The highest BCUT2D eigenvalue weighted by atomic mass is 32.2. The van der Waals surface area contributed by atoms with Crippen LogP contribution < -0.4 is 4.90 Å². The zero-order valence-electron chi connectivity index (χ0n) is 30.2. The van der Waals surface area contributed by atoms with Gasteiger partial charge in [-0.1, -0.05) is 6.92 Å². The van der Waals surface area contributed by atoms with Gasteiger partial charge in [0.2, 0.25) is 5.91 Å². The van der Waals surface area contributed by atoms with E-state index in [4.69, 9.17) is 9.47 Å². The Hall–Kier alpha value is -5.40. The van der Waals surface area contributed by atoms with Crippen molar-refractivity contribution in [2.75, 3.05) is 24.5 Å². The fourth-order valence-electron chi connectivity index (χ4n) is 6.65. The van der Waals surface area contributed by atoms with Gasteiger partial charge in [0.15, 0.2) is 5.13 Å². The lowest BCUT2D eigenvalue weighted by atomic mass is 9.79. The molecule has 55 heavy (non-hydrogen) atoms. The van der Waals surface area contributed by atoms with Crippen LogP contribution in [0.4, 0.5) is 16.5 Å². The number of fused-ring (bicyclic) bond motifs is 1. The van der Waals surface area contributed by atoms with E-state index < -0.39 is 45.8 Å². The Morgan fingerprint density at radius 1 is 0.982 bits per heavy atom. The van der Waals surface area contributed by atoms with Crippen LogP contribution in [0.1, 0.15) is 49.3 Å². The summed E-state index contributed by atoms with van der Waals surface area (Å²) in [5.41, 5.74) is 1.25. The maximum absolute atomic E-state index is 13.5. The standard InChI is InChI=1S/C36H38N6O11S2/c1-19(2)39(15-28(44)52-16-22-5-9-24(10-6-22)41(48)49)33(45)27-18-54-36(37-27)38-13-26(14-38)55-32-20(3)30-29(21(4)43)34(46)40(30)31(32)35(47)53-17-23-7-11-25(12-8-23)42(50)51/h5-12,18-21,26,29-30,43H,13-17H2,1-4H3/t20-,21-,29-,30-/m1/s1. The normalized spacial score (nSPS) is 19.7. The van der Waals surface area contributed by atoms with Crippen molar-refractivity contribution in [1.82, 2.24) is 14.8 Å². The number of hydrogen-bond acceptors (Lipinski definition) is 15. The summed E-state index contributed by atoms with van der Waals surface area (Å²) in [6, 6.07) is 10.5. The minimum Gasteiger partial charge on any atom is -0.459 e. The molecule has 4 atom stereocenters. The predicted molar refractivity (Wildman–Crippen MR) is 200 cm³/mol. The smallest absolute Gasteiger partial charge is 0.356 e. The molecule has 19 heteroatoms. The first kappa shape index (κ1) is 39.3. The second-order valence-corrected chi connectivity index (χ2v) is 15.9. The average Bonchev–Trinajstić information content (AvgIpc) is 3.70. The number of aromatic nitrogens is 1. The van der Waals surface area contributed by atoms with Gasteiger partial charge in [-0.15, -0.1) is 23.1 Å². The average molecular weight is 795 g/mol. The summed E-state index contributed by atoms with van der Waals surface area (Å²) in [6.45, 7) is 7.50. The molecule has 6 rings (SSSR count). The molecule has 290 valence electrons. The van der Waals surface area contributed by atoms with Crippen molar-refractivity contribution < 1.29 is 43.6 Å². The van der Waals surface area contributed by atoms with Crippen LogP contribution in [0, 0.1) is 32.1 Å². The molecule has 2 saturated heterocycles. The molecule has 4 heterocycles. The van der Waals surface area contributed by atoms with Crippen molar-refractivity contribution in [2.24, 2.45) is 11.8 Å². The first-order chi connectivity index (χ1) is 26.1. The number of rotatable bonds is 15. The molecule has 0 bridgehead atoms. The number of non-ortho nitro benzene ring substituents is 2. The molecule has 0 saturated carbocycles. The first-order valence-electron chi connectivity index (χ1n) is 17.4. The number of ether oxygens (including phenoxy) is 2. The van der Waals surface area contributed by atoms with E-state index in [0.717, 1.165) is 0 Å². The summed E-state index contributed by atoms with van der Waals surface area (Å²) < 4.78 is 10.9. The fourth-order valence-corrected chi connectivity index (χ4v) is 8.99. The Kier molecular flexibility index (Phi) is 11.5. The molecule has 2 aromatic carbocycles. The van der Waals surface area contributed by atoms with Gasteiger partial charge in [-0.3, -0.25) is 34.6 Å². The van der Waals surface area contributed by atoms with Gasteiger partial charge in [-0.25, -0.2) is 9.78 Å². The van der Waals surface area contributed by atoms with E-state index in [-0.39, 0.29) is 65.6 Å². The summed E-state index contributed by atoms with van der Waals surface area (Å²) in [5.74, 6) is -3.04. The molecule has 1 N–H and O–H groups in total. The number of thioether (sulfide) groups is 1. The second-order valence-electron chi connectivity index (χ2n) is 13.7. The lowest BCUT2D eigenvalue weighted by molar-refractivity contribution is -0.385. The SMILES string of the molecule is CC(C)N(CC(=O)OCc1ccc([N+](=O)[O-])cc1)C(=O)c1csc(N2CC(SC3=C(C(=O)OCc4ccc([N+](=O)[O-])cc4)N4C(=O)[C@H]([C@@H](C)O)[C@H]4[C@H]3C)C2)n1. The summed E-state index contributed by atoms with van der Waals surface area (Å²) in [6.07, 6.45) is -0.904. The number of benzene rings is 2. The van der Waals surface area contributed by atoms with Gasteiger partial charge in [0.1, 0.15) is 31.1 Å². The van der Waals surface area contributed by atoms with E-state index in [9.17, 15) is 44.5 Å². The Balaban J connectivity index is 1.07. The van der Waals surface area contributed by atoms with Gasteiger partial charge in [-0.2, -0.15) is 0 Å². The van der Waals surface area contributed by atoms with Crippen LogP contribution in [-0.2, 0) is 37.1 Å². The van der Waals surface area contributed by atoms with Crippen LogP contribution in [0.5, 0.6) is 0 Å². The van der Waals surface area contributed by atoms with Gasteiger partial charge in [-0.05, 0) is 56.2 Å². The van der Waals surface area contributed by atoms with Crippen molar-refractivity contribution in [2.45, 2.75) is 64.3 Å².